The first-order chi connectivity index (χ1) is 6.74. The van der Waals surface area contributed by atoms with E-state index in [1.807, 2.05) is 18.2 Å². The number of fused-ring (bicyclic) bond motifs is 1. The normalized spacial score (nSPS) is 19.2. The Balaban J connectivity index is 2.44. The van der Waals surface area contributed by atoms with Crippen LogP contribution in [0.3, 0.4) is 0 Å². The summed E-state index contributed by atoms with van der Waals surface area (Å²) < 4.78 is 0. The van der Waals surface area contributed by atoms with E-state index in [1.54, 1.807) is 13.1 Å². The van der Waals surface area contributed by atoms with Gasteiger partial charge in [-0.1, -0.05) is 24.3 Å². The Morgan fingerprint density at radius 2 is 2.14 bits per heavy atom. The van der Waals surface area contributed by atoms with Crippen LogP contribution in [0.4, 0.5) is 0 Å². The molecule has 3 nitrogen and oxygen atoms in total. The van der Waals surface area contributed by atoms with Crippen molar-refractivity contribution < 1.29 is 9.59 Å². The molecule has 0 fully saturated rings. The van der Waals surface area contributed by atoms with Crippen molar-refractivity contribution in [3.8, 4) is 0 Å². The number of hydrogen-bond donors (Lipinski definition) is 1. The average Bonchev–Trinajstić information content (AvgIpc) is 2.56. The van der Waals surface area contributed by atoms with Crippen LogP contribution in [-0.4, -0.2) is 18.7 Å². The molecular formula is C11H11NO2. The second-order valence-corrected chi connectivity index (χ2v) is 3.38. The average molecular weight is 189 g/mol. The maximum atomic E-state index is 11.5. The molecule has 1 atom stereocenters. The minimum absolute atomic E-state index is 0.0641. The molecule has 1 unspecified atom stereocenters. The topological polar surface area (TPSA) is 46.2 Å². The van der Waals surface area contributed by atoms with E-state index in [-0.39, 0.29) is 17.6 Å². The zero-order chi connectivity index (χ0) is 10.1. The van der Waals surface area contributed by atoms with Crippen molar-refractivity contribution in [2.45, 2.75) is 12.3 Å². The van der Waals surface area contributed by atoms with Crippen LogP contribution in [0.15, 0.2) is 24.3 Å². The lowest BCUT2D eigenvalue weighted by Crippen LogP contribution is -2.24. The summed E-state index contributed by atoms with van der Waals surface area (Å²) in [5.41, 5.74) is 1.55. The lowest BCUT2D eigenvalue weighted by atomic mass is 10.0. The third kappa shape index (κ3) is 1.21. The lowest BCUT2D eigenvalue weighted by Gasteiger charge is -2.07. The van der Waals surface area contributed by atoms with E-state index in [9.17, 15) is 9.59 Å². The molecule has 72 valence electrons. The number of amides is 1. The van der Waals surface area contributed by atoms with Gasteiger partial charge in [0.25, 0.3) is 0 Å². The highest BCUT2D eigenvalue weighted by Crippen LogP contribution is 2.32. The van der Waals surface area contributed by atoms with Gasteiger partial charge in [0.05, 0.1) is 5.92 Å². The van der Waals surface area contributed by atoms with Crippen LogP contribution >= 0.6 is 0 Å². The molecule has 0 radical (unpaired) electrons. The fourth-order valence-electron chi connectivity index (χ4n) is 1.87. The second kappa shape index (κ2) is 3.25. The van der Waals surface area contributed by atoms with Gasteiger partial charge in [-0.15, -0.1) is 0 Å². The molecule has 0 spiro atoms. The van der Waals surface area contributed by atoms with Gasteiger partial charge in [0.2, 0.25) is 5.91 Å². The first-order valence-corrected chi connectivity index (χ1v) is 4.57. The first kappa shape index (κ1) is 8.94. The van der Waals surface area contributed by atoms with Crippen molar-refractivity contribution in [3.05, 3.63) is 35.4 Å². The Morgan fingerprint density at radius 3 is 2.86 bits per heavy atom. The van der Waals surface area contributed by atoms with Gasteiger partial charge in [-0.2, -0.15) is 0 Å². The molecule has 1 aromatic carbocycles. The zero-order valence-electron chi connectivity index (χ0n) is 7.91. The molecular weight excluding hydrogens is 178 g/mol. The molecule has 0 saturated heterocycles. The molecule has 1 amide bonds. The van der Waals surface area contributed by atoms with Crippen LogP contribution in [0, 0.1) is 0 Å². The maximum absolute atomic E-state index is 11.5. The van der Waals surface area contributed by atoms with E-state index in [1.165, 1.54) is 0 Å². The third-order valence-corrected chi connectivity index (χ3v) is 2.59. The Morgan fingerprint density at radius 1 is 1.43 bits per heavy atom. The molecule has 1 aromatic rings. The molecule has 2 rings (SSSR count). The molecule has 0 saturated carbocycles. The quantitative estimate of drug-likeness (QED) is 0.719. The summed E-state index contributed by atoms with van der Waals surface area (Å²) in [6.45, 7) is 0. The summed E-state index contributed by atoms with van der Waals surface area (Å²) in [5, 5.41) is 2.58. The van der Waals surface area contributed by atoms with Gasteiger partial charge in [0.15, 0.2) is 5.78 Å². The highest BCUT2D eigenvalue weighted by Gasteiger charge is 2.33. The van der Waals surface area contributed by atoms with Crippen molar-refractivity contribution in [1.82, 2.24) is 5.32 Å². The fraction of sp³-hybridized carbons (Fsp3) is 0.273. The highest BCUT2D eigenvalue weighted by molar-refractivity contribution is 6.06. The van der Waals surface area contributed by atoms with E-state index in [0.717, 1.165) is 5.56 Å². The molecule has 0 heterocycles. The summed E-state index contributed by atoms with van der Waals surface area (Å²) in [4.78, 5) is 23.0. The predicted molar refractivity (Wildman–Crippen MR) is 52.2 cm³/mol. The van der Waals surface area contributed by atoms with Gasteiger partial charge in [-0.3, -0.25) is 9.59 Å². The number of hydrogen-bond acceptors (Lipinski definition) is 2. The van der Waals surface area contributed by atoms with Gasteiger partial charge in [-0.05, 0) is 5.56 Å². The third-order valence-electron chi connectivity index (χ3n) is 2.59. The van der Waals surface area contributed by atoms with Crippen LogP contribution in [0.25, 0.3) is 0 Å². The predicted octanol–water partition coefficient (Wildman–Crippen LogP) is 1.10. The number of benzene rings is 1. The molecule has 1 N–H and O–H groups in total. The van der Waals surface area contributed by atoms with E-state index in [0.29, 0.717) is 12.0 Å². The van der Waals surface area contributed by atoms with Crippen molar-refractivity contribution in [2.24, 2.45) is 0 Å². The second-order valence-electron chi connectivity index (χ2n) is 3.38. The van der Waals surface area contributed by atoms with Gasteiger partial charge >= 0.3 is 0 Å². The van der Waals surface area contributed by atoms with Crippen molar-refractivity contribution >= 4 is 11.7 Å². The fourth-order valence-corrected chi connectivity index (χ4v) is 1.87. The summed E-state index contributed by atoms with van der Waals surface area (Å²) in [7, 11) is 1.59. The molecule has 1 aliphatic carbocycles. The number of rotatable bonds is 1. The largest absolute Gasteiger partial charge is 0.359 e. The Labute approximate surface area is 82.1 Å². The summed E-state index contributed by atoms with van der Waals surface area (Å²) >= 11 is 0. The number of ketones is 1. The van der Waals surface area contributed by atoms with Crippen molar-refractivity contribution in [1.29, 1.82) is 0 Å². The minimum Gasteiger partial charge on any atom is -0.359 e. The highest BCUT2D eigenvalue weighted by atomic mass is 16.2. The van der Waals surface area contributed by atoms with Gasteiger partial charge in [0.1, 0.15) is 0 Å². The SMILES string of the molecule is CNC(=O)C1CC(=O)c2ccccc21. The van der Waals surface area contributed by atoms with Gasteiger partial charge in [0, 0.05) is 19.0 Å². The van der Waals surface area contributed by atoms with Crippen LogP contribution in [-0.2, 0) is 4.79 Å². The van der Waals surface area contributed by atoms with Gasteiger partial charge in [-0.25, -0.2) is 0 Å². The van der Waals surface area contributed by atoms with E-state index < -0.39 is 0 Å². The van der Waals surface area contributed by atoms with Crippen LogP contribution in [0.1, 0.15) is 28.3 Å². The summed E-state index contributed by atoms with van der Waals surface area (Å²) in [5.74, 6) is -0.304. The Hall–Kier alpha value is -1.64. The minimum atomic E-state index is -0.288. The number of nitrogens with one attached hydrogen (secondary N) is 1. The number of carbonyl (C=O) groups is 2. The molecule has 1 aliphatic rings. The van der Waals surface area contributed by atoms with Crippen molar-refractivity contribution in [2.75, 3.05) is 7.05 Å². The number of Topliss-reactive ketones (excluding diaryl/α,β-unsaturated/α-hetero) is 1. The van der Waals surface area contributed by atoms with E-state index >= 15 is 0 Å². The summed E-state index contributed by atoms with van der Waals surface area (Å²) in [6, 6.07) is 7.30. The molecule has 0 aromatic heterocycles. The maximum Gasteiger partial charge on any atom is 0.227 e. The van der Waals surface area contributed by atoms with Crippen LogP contribution < -0.4 is 5.32 Å². The number of carbonyl (C=O) groups excluding carboxylic acids is 2. The first-order valence-electron chi connectivity index (χ1n) is 4.57. The Kier molecular flexibility index (Phi) is 2.08. The number of likely N-dealkylation sites (N-methyl/N-ethyl adjacent to an activating group) is 1. The monoisotopic (exact) mass is 189 g/mol. The standard InChI is InChI=1S/C11H11NO2/c1-12-11(14)9-6-10(13)8-5-3-2-4-7(8)9/h2-5,9H,6H2,1H3,(H,12,14). The molecule has 0 aliphatic heterocycles. The zero-order valence-corrected chi connectivity index (χ0v) is 7.91. The van der Waals surface area contributed by atoms with Crippen LogP contribution in [0.5, 0.6) is 0 Å². The summed E-state index contributed by atoms with van der Waals surface area (Å²) in [6.07, 6.45) is 0.305. The van der Waals surface area contributed by atoms with Crippen molar-refractivity contribution in [3.63, 3.8) is 0 Å². The molecule has 14 heavy (non-hydrogen) atoms. The smallest absolute Gasteiger partial charge is 0.227 e. The molecule has 3 heteroatoms. The lowest BCUT2D eigenvalue weighted by molar-refractivity contribution is -0.121. The van der Waals surface area contributed by atoms with E-state index in [2.05, 4.69) is 5.32 Å². The van der Waals surface area contributed by atoms with Crippen LogP contribution in [0.2, 0.25) is 0 Å². The Bertz CT molecular complexity index is 398. The molecule has 0 bridgehead atoms. The van der Waals surface area contributed by atoms with Gasteiger partial charge < -0.3 is 5.32 Å². The van der Waals surface area contributed by atoms with E-state index in [4.69, 9.17) is 0 Å².